The van der Waals surface area contributed by atoms with E-state index in [2.05, 4.69) is 9.72 Å². The second-order valence-electron chi connectivity index (χ2n) is 3.90. The predicted octanol–water partition coefficient (Wildman–Crippen LogP) is 2.54. The van der Waals surface area contributed by atoms with Gasteiger partial charge in [-0.1, -0.05) is 0 Å². The fourth-order valence-corrected chi connectivity index (χ4v) is 2.19. The molecule has 110 valence electrons. The van der Waals surface area contributed by atoms with E-state index in [4.69, 9.17) is 9.15 Å². The van der Waals surface area contributed by atoms with Gasteiger partial charge in [0.25, 0.3) is 0 Å². The van der Waals surface area contributed by atoms with E-state index in [1.54, 1.807) is 24.4 Å². The summed E-state index contributed by atoms with van der Waals surface area (Å²) in [6, 6.07) is 4.85. The minimum absolute atomic E-state index is 0.0292. The number of rotatable bonds is 5. The average molecular weight is 307 g/mol. The van der Waals surface area contributed by atoms with Crippen LogP contribution < -0.4 is 0 Å². The monoisotopic (exact) mass is 307 g/mol. The largest absolute Gasteiger partial charge is 0.463 e. The molecule has 0 radical (unpaired) electrons. The molecule has 0 aliphatic carbocycles. The molecule has 7 heteroatoms. The van der Waals surface area contributed by atoms with Gasteiger partial charge < -0.3 is 13.9 Å². The van der Waals surface area contributed by atoms with Crippen molar-refractivity contribution in [3.63, 3.8) is 0 Å². The van der Waals surface area contributed by atoms with Crippen molar-refractivity contribution in [3.05, 3.63) is 47.5 Å². The number of hydrogen-bond acceptors (Lipinski definition) is 7. The first-order valence-corrected chi connectivity index (χ1v) is 7.20. The van der Waals surface area contributed by atoms with Gasteiger partial charge in [-0.05, 0) is 24.5 Å². The van der Waals surface area contributed by atoms with E-state index in [0.717, 1.165) is 0 Å². The molecule has 0 saturated heterocycles. The zero-order valence-corrected chi connectivity index (χ0v) is 12.3. The van der Waals surface area contributed by atoms with Gasteiger partial charge in [0.05, 0.1) is 18.9 Å². The normalized spacial score (nSPS) is 10.2. The van der Waals surface area contributed by atoms with E-state index >= 15 is 0 Å². The maximum atomic E-state index is 12.0. The molecule has 0 unspecified atom stereocenters. The summed E-state index contributed by atoms with van der Waals surface area (Å²) in [5.74, 6) is -1.09. The van der Waals surface area contributed by atoms with Crippen LogP contribution in [-0.2, 0) is 16.1 Å². The molecule has 2 rings (SSSR count). The number of esters is 2. The first-order valence-electron chi connectivity index (χ1n) is 5.98. The highest BCUT2D eigenvalue weighted by Crippen LogP contribution is 2.19. The first-order chi connectivity index (χ1) is 10.2. The minimum atomic E-state index is -0.614. The Labute approximate surface area is 125 Å². The molecular weight excluding hydrogens is 294 g/mol. The van der Waals surface area contributed by atoms with E-state index in [1.165, 1.54) is 25.1 Å². The number of furan rings is 1. The van der Waals surface area contributed by atoms with Crippen molar-refractivity contribution >= 4 is 23.7 Å². The highest BCUT2D eigenvalue weighted by Gasteiger charge is 2.18. The molecule has 0 aliphatic heterocycles. The van der Waals surface area contributed by atoms with Crippen molar-refractivity contribution < 1.29 is 23.5 Å². The molecule has 0 amide bonds. The van der Waals surface area contributed by atoms with Crippen molar-refractivity contribution in [2.45, 2.75) is 11.6 Å². The number of nitrogens with zero attached hydrogens (tertiary/aromatic N) is 1. The number of pyridine rings is 1. The second-order valence-corrected chi connectivity index (χ2v) is 4.70. The summed E-state index contributed by atoms with van der Waals surface area (Å²) < 4.78 is 14.8. The van der Waals surface area contributed by atoms with Crippen molar-refractivity contribution in [1.82, 2.24) is 4.98 Å². The summed E-state index contributed by atoms with van der Waals surface area (Å²) in [6.45, 7) is -0.0809. The fourth-order valence-electron chi connectivity index (χ4n) is 1.65. The molecule has 0 bridgehead atoms. The van der Waals surface area contributed by atoms with Gasteiger partial charge >= 0.3 is 11.9 Å². The lowest BCUT2D eigenvalue weighted by molar-refractivity contribution is 0.0449. The first kappa shape index (κ1) is 15.1. The van der Waals surface area contributed by atoms with Crippen molar-refractivity contribution in [1.29, 1.82) is 0 Å². The van der Waals surface area contributed by atoms with Gasteiger partial charge in [0.15, 0.2) is 0 Å². The molecule has 0 aromatic carbocycles. The van der Waals surface area contributed by atoms with E-state index in [9.17, 15) is 9.59 Å². The molecule has 0 N–H and O–H groups in total. The Morgan fingerprint density at radius 2 is 2.14 bits per heavy atom. The summed E-state index contributed by atoms with van der Waals surface area (Å²) in [7, 11) is 1.25. The van der Waals surface area contributed by atoms with Crippen LogP contribution in [0.3, 0.4) is 0 Å². The number of thioether (sulfide) groups is 1. The lowest BCUT2D eigenvalue weighted by atomic mass is 10.2. The van der Waals surface area contributed by atoms with E-state index < -0.39 is 11.9 Å². The minimum Gasteiger partial charge on any atom is -0.463 e. The number of ether oxygens (including phenoxy) is 2. The fraction of sp³-hybridized carbons (Fsp3) is 0.214. The van der Waals surface area contributed by atoms with Gasteiger partial charge in [-0.3, -0.25) is 0 Å². The quantitative estimate of drug-likeness (QED) is 0.620. The molecule has 6 nitrogen and oxygen atoms in total. The lowest BCUT2D eigenvalue weighted by Crippen LogP contribution is -2.09. The maximum absolute atomic E-state index is 12.0. The van der Waals surface area contributed by atoms with Crippen LogP contribution in [-0.4, -0.2) is 30.3 Å². The van der Waals surface area contributed by atoms with Gasteiger partial charge in [-0.2, -0.15) is 0 Å². The van der Waals surface area contributed by atoms with E-state index in [0.29, 0.717) is 16.2 Å². The lowest BCUT2D eigenvalue weighted by Gasteiger charge is -2.07. The third kappa shape index (κ3) is 3.43. The van der Waals surface area contributed by atoms with Crippen LogP contribution in [0.15, 0.2) is 40.1 Å². The number of hydrogen-bond donors (Lipinski definition) is 0. The standard InChI is InChI=1S/C14H13NO5S/c1-18-14(17)11-9(5-7-19-11)8-20-13(16)10-4-3-6-15-12(10)21-2/h3-7H,8H2,1-2H3. The number of methoxy groups -OCH3 is 1. The van der Waals surface area contributed by atoms with Crippen LogP contribution in [0.4, 0.5) is 0 Å². The van der Waals surface area contributed by atoms with Crippen LogP contribution in [0, 0.1) is 0 Å². The molecule has 0 atom stereocenters. The summed E-state index contributed by atoms with van der Waals surface area (Å²) in [4.78, 5) is 27.6. The van der Waals surface area contributed by atoms with Crippen LogP contribution >= 0.6 is 11.8 Å². The molecule has 0 fully saturated rings. The Kier molecular flexibility index (Phi) is 4.99. The molecular formula is C14H13NO5S. The third-order valence-electron chi connectivity index (χ3n) is 2.66. The molecule has 2 heterocycles. The Morgan fingerprint density at radius 1 is 1.33 bits per heavy atom. The highest BCUT2D eigenvalue weighted by molar-refractivity contribution is 7.98. The average Bonchev–Trinajstić information content (AvgIpc) is 3.00. The van der Waals surface area contributed by atoms with E-state index in [-0.39, 0.29) is 12.4 Å². The number of aromatic nitrogens is 1. The molecule has 21 heavy (non-hydrogen) atoms. The number of carbonyl (C=O) groups is 2. The van der Waals surface area contributed by atoms with E-state index in [1.807, 2.05) is 6.26 Å². The molecule has 2 aromatic heterocycles. The van der Waals surface area contributed by atoms with Crippen molar-refractivity contribution in [2.75, 3.05) is 13.4 Å². The van der Waals surface area contributed by atoms with Crippen LogP contribution in [0.25, 0.3) is 0 Å². The maximum Gasteiger partial charge on any atom is 0.374 e. The molecule has 0 aliphatic rings. The third-order valence-corrected chi connectivity index (χ3v) is 3.37. The topological polar surface area (TPSA) is 78.6 Å². The summed E-state index contributed by atoms with van der Waals surface area (Å²) >= 11 is 1.35. The van der Waals surface area contributed by atoms with Gasteiger partial charge in [0.2, 0.25) is 5.76 Å². The van der Waals surface area contributed by atoms with Crippen LogP contribution in [0.2, 0.25) is 0 Å². The molecule has 0 spiro atoms. The summed E-state index contributed by atoms with van der Waals surface area (Å²) in [6.07, 6.45) is 4.77. The number of carbonyl (C=O) groups excluding carboxylic acids is 2. The van der Waals surface area contributed by atoms with Gasteiger partial charge in [0.1, 0.15) is 11.6 Å². The Bertz CT molecular complexity index is 652. The SMILES string of the molecule is COC(=O)c1occc1COC(=O)c1cccnc1SC. The Balaban J connectivity index is 2.08. The molecule has 0 saturated carbocycles. The predicted molar refractivity (Wildman–Crippen MR) is 75.2 cm³/mol. The van der Waals surface area contributed by atoms with Crippen LogP contribution in [0.1, 0.15) is 26.5 Å². The van der Waals surface area contributed by atoms with Gasteiger partial charge in [-0.25, -0.2) is 14.6 Å². The Morgan fingerprint density at radius 3 is 2.86 bits per heavy atom. The smallest absolute Gasteiger partial charge is 0.374 e. The molecule has 2 aromatic rings. The van der Waals surface area contributed by atoms with Crippen molar-refractivity contribution in [2.24, 2.45) is 0 Å². The van der Waals surface area contributed by atoms with Crippen molar-refractivity contribution in [3.8, 4) is 0 Å². The zero-order chi connectivity index (χ0) is 15.2. The Hall–Kier alpha value is -2.28. The van der Waals surface area contributed by atoms with Crippen LogP contribution in [0.5, 0.6) is 0 Å². The summed E-state index contributed by atoms with van der Waals surface area (Å²) in [5, 5.41) is 0.586. The zero-order valence-electron chi connectivity index (χ0n) is 11.5. The highest BCUT2D eigenvalue weighted by atomic mass is 32.2. The summed E-state index contributed by atoms with van der Waals surface area (Å²) in [5.41, 5.74) is 0.831. The van der Waals surface area contributed by atoms with Gasteiger partial charge in [-0.15, -0.1) is 11.8 Å². The van der Waals surface area contributed by atoms with Gasteiger partial charge in [0, 0.05) is 11.8 Å². The second kappa shape index (κ2) is 6.94.